The molecule has 2 aromatic carbocycles. The summed E-state index contributed by atoms with van der Waals surface area (Å²) in [7, 11) is -3.27. The third kappa shape index (κ3) is 3.23. The molecule has 2 heterocycles. The SMILES string of the molecule is Nc1c(C(=O)O)cccc1N1CC2(CN(c3cccc(NS(=O)(=O)C4CC4)c3)C2)C1. The number of aromatic carboxylic acids is 1. The van der Waals surface area contributed by atoms with Crippen molar-refractivity contribution in [2.24, 2.45) is 5.41 Å². The Morgan fingerprint density at radius 2 is 1.73 bits per heavy atom. The Labute approximate surface area is 175 Å². The molecule has 0 atom stereocenters. The van der Waals surface area contributed by atoms with Gasteiger partial charge in [-0.1, -0.05) is 12.1 Å². The van der Waals surface area contributed by atoms with E-state index in [1.54, 1.807) is 12.1 Å². The van der Waals surface area contributed by atoms with Crippen LogP contribution in [0.4, 0.5) is 22.7 Å². The summed E-state index contributed by atoms with van der Waals surface area (Å²) < 4.78 is 27.0. The number of carbonyl (C=O) groups is 1. The van der Waals surface area contributed by atoms with E-state index in [0.717, 1.165) is 50.4 Å². The van der Waals surface area contributed by atoms with Gasteiger partial charge in [-0.25, -0.2) is 13.2 Å². The van der Waals surface area contributed by atoms with E-state index in [2.05, 4.69) is 14.5 Å². The first kappa shape index (κ1) is 19.0. The zero-order valence-electron chi connectivity index (χ0n) is 16.4. The van der Waals surface area contributed by atoms with Gasteiger partial charge in [-0.05, 0) is 43.2 Å². The number of nitrogens with one attached hydrogen (secondary N) is 1. The lowest BCUT2D eigenvalue weighted by atomic mass is 9.72. The van der Waals surface area contributed by atoms with Crippen LogP contribution in [-0.2, 0) is 10.0 Å². The van der Waals surface area contributed by atoms with Gasteiger partial charge in [0.15, 0.2) is 0 Å². The first-order valence-electron chi connectivity index (χ1n) is 10.00. The fraction of sp³-hybridized carbons (Fsp3) is 0.381. The second kappa shape index (κ2) is 6.53. The maximum Gasteiger partial charge on any atom is 0.337 e. The Kier molecular flexibility index (Phi) is 4.15. The molecule has 8 nitrogen and oxygen atoms in total. The van der Waals surface area contributed by atoms with E-state index in [0.29, 0.717) is 11.4 Å². The summed E-state index contributed by atoms with van der Waals surface area (Å²) in [6.07, 6.45) is 1.47. The van der Waals surface area contributed by atoms with Crippen LogP contribution in [0.2, 0.25) is 0 Å². The van der Waals surface area contributed by atoms with Crippen LogP contribution in [0.5, 0.6) is 0 Å². The van der Waals surface area contributed by atoms with Crippen molar-refractivity contribution in [2.75, 3.05) is 46.4 Å². The highest BCUT2D eigenvalue weighted by Gasteiger charge is 2.52. The highest BCUT2D eigenvalue weighted by Crippen LogP contribution is 2.45. The first-order valence-corrected chi connectivity index (χ1v) is 11.5. The van der Waals surface area contributed by atoms with Gasteiger partial charge in [0.1, 0.15) is 0 Å². The van der Waals surface area contributed by atoms with E-state index in [1.807, 2.05) is 24.3 Å². The molecule has 9 heteroatoms. The smallest absolute Gasteiger partial charge is 0.337 e. The zero-order valence-corrected chi connectivity index (χ0v) is 17.2. The molecular formula is C21H24N4O4S. The van der Waals surface area contributed by atoms with Gasteiger partial charge in [0, 0.05) is 37.3 Å². The number of nitrogens with two attached hydrogens (primary N) is 1. The van der Waals surface area contributed by atoms with Crippen molar-refractivity contribution in [1.82, 2.24) is 0 Å². The van der Waals surface area contributed by atoms with E-state index in [-0.39, 0.29) is 16.2 Å². The molecule has 0 aromatic heterocycles. The third-order valence-corrected chi connectivity index (χ3v) is 8.06. The van der Waals surface area contributed by atoms with Crippen LogP contribution in [0.1, 0.15) is 23.2 Å². The number of carboxylic acid groups (broad SMARTS) is 1. The number of benzene rings is 2. The van der Waals surface area contributed by atoms with Crippen LogP contribution in [-0.4, -0.2) is 50.9 Å². The number of hydrogen-bond donors (Lipinski definition) is 3. The Bertz CT molecular complexity index is 1120. The fourth-order valence-electron chi connectivity index (χ4n) is 4.49. The van der Waals surface area contributed by atoms with Crippen LogP contribution in [0, 0.1) is 5.41 Å². The van der Waals surface area contributed by atoms with E-state index < -0.39 is 16.0 Å². The number of nitrogen functional groups attached to an aromatic ring is 1. The number of para-hydroxylation sites is 1. The van der Waals surface area contributed by atoms with Crippen molar-refractivity contribution >= 4 is 38.7 Å². The van der Waals surface area contributed by atoms with Gasteiger partial charge in [0.25, 0.3) is 0 Å². The van der Waals surface area contributed by atoms with E-state index in [9.17, 15) is 18.3 Å². The molecular weight excluding hydrogens is 404 g/mol. The number of sulfonamides is 1. The fourth-order valence-corrected chi connectivity index (χ4v) is 5.87. The number of rotatable bonds is 6. The maximum absolute atomic E-state index is 12.2. The van der Waals surface area contributed by atoms with Crippen molar-refractivity contribution in [3.63, 3.8) is 0 Å². The lowest BCUT2D eigenvalue weighted by Crippen LogP contribution is -2.72. The van der Waals surface area contributed by atoms with Crippen molar-refractivity contribution in [3.05, 3.63) is 48.0 Å². The standard InChI is InChI=1S/C21H24N4O4S/c22-19-17(20(26)27)5-2-6-18(19)25-12-21(13-25)10-24(11-21)15-4-1-3-14(9-15)23-30(28,29)16-7-8-16/h1-6,9,16,23H,7-8,10-13,22H2,(H,26,27). The minimum absolute atomic E-state index is 0.133. The van der Waals surface area contributed by atoms with Crippen LogP contribution in [0.3, 0.4) is 0 Å². The molecule has 0 amide bonds. The van der Waals surface area contributed by atoms with Crippen LogP contribution >= 0.6 is 0 Å². The van der Waals surface area contributed by atoms with Gasteiger partial charge in [-0.15, -0.1) is 0 Å². The minimum Gasteiger partial charge on any atom is -0.478 e. The predicted octanol–water partition coefficient (Wildman–Crippen LogP) is 2.20. The number of hydrogen-bond acceptors (Lipinski definition) is 6. The Morgan fingerprint density at radius 1 is 1.07 bits per heavy atom. The van der Waals surface area contributed by atoms with Crippen molar-refractivity contribution in [2.45, 2.75) is 18.1 Å². The summed E-state index contributed by atoms with van der Waals surface area (Å²) in [6, 6.07) is 12.6. The molecule has 2 aliphatic heterocycles. The van der Waals surface area contributed by atoms with E-state index in [1.165, 1.54) is 6.07 Å². The van der Waals surface area contributed by atoms with Gasteiger partial charge in [-0.3, -0.25) is 4.72 Å². The number of carboxylic acids is 1. The largest absolute Gasteiger partial charge is 0.478 e. The molecule has 0 radical (unpaired) electrons. The Hall–Kier alpha value is -2.94. The monoisotopic (exact) mass is 428 g/mol. The molecule has 1 saturated carbocycles. The highest BCUT2D eigenvalue weighted by molar-refractivity contribution is 7.93. The summed E-state index contributed by atoms with van der Waals surface area (Å²) in [5.41, 5.74) is 9.05. The molecule has 0 unspecified atom stereocenters. The molecule has 1 aliphatic carbocycles. The molecule has 30 heavy (non-hydrogen) atoms. The van der Waals surface area contributed by atoms with Crippen molar-refractivity contribution in [1.29, 1.82) is 0 Å². The summed E-state index contributed by atoms with van der Waals surface area (Å²) in [4.78, 5) is 15.7. The van der Waals surface area contributed by atoms with Gasteiger partial charge < -0.3 is 20.6 Å². The molecule has 5 rings (SSSR count). The Balaban J connectivity index is 1.22. The Morgan fingerprint density at radius 3 is 2.40 bits per heavy atom. The van der Waals surface area contributed by atoms with Crippen molar-refractivity contribution < 1.29 is 18.3 Å². The molecule has 0 bridgehead atoms. The number of nitrogens with zero attached hydrogens (tertiary/aromatic N) is 2. The van der Waals surface area contributed by atoms with Gasteiger partial charge >= 0.3 is 5.97 Å². The molecule has 2 aromatic rings. The normalized spacial score (nSPS) is 19.9. The lowest BCUT2D eigenvalue weighted by molar-refractivity contribution is 0.0698. The predicted molar refractivity (Wildman–Crippen MR) is 117 cm³/mol. The van der Waals surface area contributed by atoms with Crippen molar-refractivity contribution in [3.8, 4) is 0 Å². The van der Waals surface area contributed by atoms with E-state index in [4.69, 9.17) is 5.73 Å². The zero-order chi connectivity index (χ0) is 21.1. The molecule has 1 spiro atoms. The van der Waals surface area contributed by atoms with Gasteiger partial charge in [0.2, 0.25) is 10.0 Å². The number of anilines is 4. The maximum atomic E-state index is 12.2. The van der Waals surface area contributed by atoms with Gasteiger partial charge in [0.05, 0.1) is 27.9 Å². The van der Waals surface area contributed by atoms with E-state index >= 15 is 0 Å². The topological polar surface area (TPSA) is 116 Å². The average molecular weight is 429 g/mol. The minimum atomic E-state index is -3.27. The molecule has 3 aliphatic rings. The van der Waals surface area contributed by atoms with Crippen LogP contribution < -0.4 is 20.3 Å². The van der Waals surface area contributed by atoms with Crippen LogP contribution in [0.25, 0.3) is 0 Å². The average Bonchev–Trinajstić information content (AvgIpc) is 3.46. The molecule has 2 saturated heterocycles. The summed E-state index contributed by atoms with van der Waals surface area (Å²) in [5.74, 6) is -1.02. The summed E-state index contributed by atoms with van der Waals surface area (Å²) >= 11 is 0. The third-order valence-electron chi connectivity index (χ3n) is 6.19. The molecule has 3 fully saturated rings. The lowest BCUT2D eigenvalue weighted by Gasteiger charge is -2.61. The molecule has 4 N–H and O–H groups in total. The van der Waals surface area contributed by atoms with Crippen LogP contribution in [0.15, 0.2) is 42.5 Å². The summed E-state index contributed by atoms with van der Waals surface area (Å²) in [5, 5.41) is 9.01. The van der Waals surface area contributed by atoms with Gasteiger partial charge in [-0.2, -0.15) is 0 Å². The molecule has 158 valence electrons. The quantitative estimate of drug-likeness (QED) is 0.604. The second-order valence-corrected chi connectivity index (χ2v) is 10.6. The second-order valence-electron chi connectivity index (χ2n) is 8.65. The first-order chi connectivity index (χ1) is 14.3. The highest BCUT2D eigenvalue weighted by atomic mass is 32.2. The summed E-state index contributed by atoms with van der Waals surface area (Å²) in [6.45, 7) is 3.40.